The summed E-state index contributed by atoms with van der Waals surface area (Å²) >= 11 is 6.15. The SMILES string of the molecule is COCCn1ncc(Cl)c1C(C)(O)CCNC(C)C. The summed E-state index contributed by atoms with van der Waals surface area (Å²) in [6, 6.07) is 0.393. The average molecular weight is 290 g/mol. The van der Waals surface area contributed by atoms with Crippen LogP contribution in [0.4, 0.5) is 0 Å². The van der Waals surface area contributed by atoms with Crippen molar-refractivity contribution in [1.82, 2.24) is 15.1 Å². The molecule has 1 unspecified atom stereocenters. The van der Waals surface area contributed by atoms with Crippen molar-refractivity contribution in [2.75, 3.05) is 20.3 Å². The molecule has 0 spiro atoms. The van der Waals surface area contributed by atoms with Crippen LogP contribution in [0.3, 0.4) is 0 Å². The highest BCUT2D eigenvalue weighted by Gasteiger charge is 2.29. The summed E-state index contributed by atoms with van der Waals surface area (Å²) in [5.74, 6) is 0. The van der Waals surface area contributed by atoms with Gasteiger partial charge in [0.15, 0.2) is 0 Å². The highest BCUT2D eigenvalue weighted by atomic mass is 35.5. The Kier molecular flexibility index (Phi) is 6.26. The van der Waals surface area contributed by atoms with Gasteiger partial charge in [-0.25, -0.2) is 0 Å². The molecular weight excluding hydrogens is 266 g/mol. The van der Waals surface area contributed by atoms with Gasteiger partial charge >= 0.3 is 0 Å². The van der Waals surface area contributed by atoms with Crippen LogP contribution < -0.4 is 5.32 Å². The molecule has 0 bridgehead atoms. The zero-order valence-corrected chi connectivity index (χ0v) is 12.9. The van der Waals surface area contributed by atoms with Crippen LogP contribution in [-0.4, -0.2) is 41.2 Å². The van der Waals surface area contributed by atoms with Crippen LogP contribution in [0.25, 0.3) is 0 Å². The predicted molar refractivity (Wildman–Crippen MR) is 76.4 cm³/mol. The van der Waals surface area contributed by atoms with Crippen LogP contribution in [0.1, 0.15) is 32.9 Å². The summed E-state index contributed by atoms with van der Waals surface area (Å²) in [6.45, 7) is 7.74. The summed E-state index contributed by atoms with van der Waals surface area (Å²) in [4.78, 5) is 0. The van der Waals surface area contributed by atoms with Crippen molar-refractivity contribution in [2.45, 2.75) is 45.4 Å². The van der Waals surface area contributed by atoms with E-state index in [4.69, 9.17) is 16.3 Å². The lowest BCUT2D eigenvalue weighted by atomic mass is 9.97. The molecule has 0 aliphatic rings. The van der Waals surface area contributed by atoms with Crippen LogP contribution in [0.15, 0.2) is 6.20 Å². The van der Waals surface area contributed by atoms with E-state index in [-0.39, 0.29) is 0 Å². The number of nitrogens with zero attached hydrogens (tertiary/aromatic N) is 2. The van der Waals surface area contributed by atoms with Gasteiger partial charge in [0.05, 0.1) is 30.1 Å². The fourth-order valence-corrected chi connectivity index (χ4v) is 2.31. The number of aromatic nitrogens is 2. The van der Waals surface area contributed by atoms with E-state index in [1.54, 1.807) is 24.9 Å². The standard InChI is InChI=1S/C13H24ClN3O2/c1-10(2)15-6-5-13(3,18)12-11(14)9-16-17(12)7-8-19-4/h9-10,15,18H,5-8H2,1-4H3. The topological polar surface area (TPSA) is 59.3 Å². The first-order chi connectivity index (χ1) is 8.88. The largest absolute Gasteiger partial charge is 0.384 e. The molecule has 2 N–H and O–H groups in total. The molecule has 1 aromatic rings. The van der Waals surface area contributed by atoms with Gasteiger partial charge in [0, 0.05) is 13.2 Å². The maximum Gasteiger partial charge on any atom is 0.106 e. The molecule has 1 rings (SSSR count). The Balaban J connectivity index is 2.77. The van der Waals surface area contributed by atoms with Gasteiger partial charge in [-0.15, -0.1) is 0 Å². The number of halogens is 1. The molecule has 0 saturated carbocycles. The average Bonchev–Trinajstić information content (AvgIpc) is 2.67. The summed E-state index contributed by atoms with van der Waals surface area (Å²) in [7, 11) is 1.63. The Morgan fingerprint density at radius 1 is 1.58 bits per heavy atom. The highest BCUT2D eigenvalue weighted by molar-refractivity contribution is 6.31. The molecule has 1 heterocycles. The number of methoxy groups -OCH3 is 1. The van der Waals surface area contributed by atoms with Gasteiger partial charge in [-0.05, 0) is 19.9 Å². The van der Waals surface area contributed by atoms with Crippen molar-refractivity contribution >= 4 is 11.6 Å². The Morgan fingerprint density at radius 3 is 2.84 bits per heavy atom. The second-order valence-electron chi connectivity index (χ2n) is 5.19. The molecule has 0 amide bonds. The third kappa shape index (κ3) is 4.76. The monoisotopic (exact) mass is 289 g/mol. The molecule has 0 aliphatic carbocycles. The zero-order valence-electron chi connectivity index (χ0n) is 12.1. The molecular formula is C13H24ClN3O2. The lowest BCUT2D eigenvalue weighted by molar-refractivity contribution is 0.0367. The van der Waals surface area contributed by atoms with Gasteiger partial charge in [-0.1, -0.05) is 25.4 Å². The fraction of sp³-hybridized carbons (Fsp3) is 0.769. The van der Waals surface area contributed by atoms with Crippen LogP contribution in [0.2, 0.25) is 5.02 Å². The predicted octanol–water partition coefficient (Wildman–Crippen LogP) is 1.78. The van der Waals surface area contributed by atoms with Crippen molar-refractivity contribution in [2.24, 2.45) is 0 Å². The second-order valence-corrected chi connectivity index (χ2v) is 5.60. The molecule has 1 atom stereocenters. The quantitative estimate of drug-likeness (QED) is 0.766. The molecule has 6 heteroatoms. The Bertz CT molecular complexity index is 391. The smallest absolute Gasteiger partial charge is 0.106 e. The first kappa shape index (κ1) is 16.4. The van der Waals surface area contributed by atoms with E-state index in [9.17, 15) is 5.11 Å². The Hall–Kier alpha value is -0.620. The molecule has 0 aromatic carbocycles. The molecule has 110 valence electrons. The third-order valence-corrected chi connectivity index (χ3v) is 3.25. The number of hydrogen-bond donors (Lipinski definition) is 2. The first-order valence-corrected chi connectivity index (χ1v) is 6.92. The molecule has 0 fully saturated rings. The maximum atomic E-state index is 10.6. The second kappa shape index (κ2) is 7.24. The number of hydrogen-bond acceptors (Lipinski definition) is 4. The summed E-state index contributed by atoms with van der Waals surface area (Å²) < 4.78 is 6.75. The first-order valence-electron chi connectivity index (χ1n) is 6.55. The van der Waals surface area contributed by atoms with Crippen molar-refractivity contribution in [1.29, 1.82) is 0 Å². The van der Waals surface area contributed by atoms with E-state index in [0.29, 0.717) is 36.3 Å². The van der Waals surface area contributed by atoms with Crippen molar-refractivity contribution < 1.29 is 9.84 Å². The van der Waals surface area contributed by atoms with E-state index in [0.717, 1.165) is 6.54 Å². The van der Waals surface area contributed by atoms with Gasteiger partial charge in [-0.3, -0.25) is 4.68 Å². The van der Waals surface area contributed by atoms with Crippen LogP contribution in [0.5, 0.6) is 0 Å². The Morgan fingerprint density at radius 2 is 2.26 bits per heavy atom. The lowest BCUT2D eigenvalue weighted by Crippen LogP contribution is -2.33. The summed E-state index contributed by atoms with van der Waals surface area (Å²) in [5.41, 5.74) is -0.361. The molecule has 1 aromatic heterocycles. The molecule has 0 aliphatic heterocycles. The molecule has 5 nitrogen and oxygen atoms in total. The minimum atomic E-state index is -1.01. The van der Waals surface area contributed by atoms with Crippen molar-refractivity contribution in [3.8, 4) is 0 Å². The third-order valence-electron chi connectivity index (χ3n) is 2.98. The van der Waals surface area contributed by atoms with Crippen LogP contribution in [0, 0.1) is 0 Å². The number of nitrogens with one attached hydrogen (secondary N) is 1. The van der Waals surface area contributed by atoms with Gasteiger partial charge < -0.3 is 15.2 Å². The van der Waals surface area contributed by atoms with E-state index in [2.05, 4.69) is 24.3 Å². The normalized spacial score (nSPS) is 14.9. The highest BCUT2D eigenvalue weighted by Crippen LogP contribution is 2.30. The van der Waals surface area contributed by atoms with E-state index < -0.39 is 5.60 Å². The van der Waals surface area contributed by atoms with Crippen molar-refractivity contribution in [3.63, 3.8) is 0 Å². The molecule has 0 saturated heterocycles. The van der Waals surface area contributed by atoms with Gasteiger partial charge in [0.2, 0.25) is 0 Å². The number of ether oxygens (including phenoxy) is 1. The van der Waals surface area contributed by atoms with E-state index >= 15 is 0 Å². The molecule has 19 heavy (non-hydrogen) atoms. The minimum absolute atomic E-state index is 0.393. The van der Waals surface area contributed by atoms with Crippen molar-refractivity contribution in [3.05, 3.63) is 16.9 Å². The Labute approximate surface area is 119 Å². The van der Waals surface area contributed by atoms with Crippen LogP contribution >= 0.6 is 11.6 Å². The minimum Gasteiger partial charge on any atom is -0.384 e. The zero-order chi connectivity index (χ0) is 14.5. The van der Waals surface area contributed by atoms with Gasteiger partial charge in [-0.2, -0.15) is 5.10 Å². The summed E-state index contributed by atoms with van der Waals surface area (Å²) in [5, 5.41) is 18.6. The van der Waals surface area contributed by atoms with E-state index in [1.165, 1.54) is 0 Å². The van der Waals surface area contributed by atoms with Crippen LogP contribution in [-0.2, 0) is 16.9 Å². The fourth-order valence-electron chi connectivity index (χ4n) is 1.97. The van der Waals surface area contributed by atoms with Gasteiger partial charge in [0.1, 0.15) is 5.60 Å². The lowest BCUT2D eigenvalue weighted by Gasteiger charge is -2.25. The summed E-state index contributed by atoms with van der Waals surface area (Å²) in [6.07, 6.45) is 2.14. The maximum absolute atomic E-state index is 10.6. The number of rotatable bonds is 8. The molecule has 0 radical (unpaired) electrons. The van der Waals surface area contributed by atoms with Gasteiger partial charge in [0.25, 0.3) is 0 Å². The van der Waals surface area contributed by atoms with E-state index in [1.807, 2.05) is 0 Å². The number of aliphatic hydroxyl groups is 1.